The number of esters is 1. The van der Waals surface area contributed by atoms with Gasteiger partial charge in [0.15, 0.2) is 6.10 Å². The second kappa shape index (κ2) is 7.74. The normalized spacial score (nSPS) is 12.6. The average Bonchev–Trinajstić information content (AvgIpc) is 2.54. The molecule has 1 aromatic carbocycles. The van der Waals surface area contributed by atoms with Crippen molar-refractivity contribution in [2.45, 2.75) is 26.1 Å². The fraction of sp³-hybridized carbons (Fsp3) is 0.294. The van der Waals surface area contributed by atoms with E-state index >= 15 is 0 Å². The van der Waals surface area contributed by atoms with Crippen molar-refractivity contribution >= 4 is 17.6 Å². The Labute approximate surface area is 147 Å². The molecule has 2 rings (SSSR count). The molecule has 134 valence electrons. The van der Waals surface area contributed by atoms with Crippen molar-refractivity contribution in [3.05, 3.63) is 47.1 Å². The summed E-state index contributed by atoms with van der Waals surface area (Å²) >= 11 is 5.70. The van der Waals surface area contributed by atoms with E-state index in [0.717, 1.165) is 12.1 Å². The van der Waals surface area contributed by atoms with Crippen molar-refractivity contribution in [3.63, 3.8) is 0 Å². The molecule has 1 aromatic heterocycles. The number of hydrogen-bond donors (Lipinski definition) is 0. The Bertz CT molecular complexity index is 765. The lowest BCUT2D eigenvalue weighted by atomic mass is 10.1. The number of halogens is 4. The summed E-state index contributed by atoms with van der Waals surface area (Å²) in [6.07, 6.45) is -5.39. The minimum absolute atomic E-state index is 0.0501. The third-order valence-electron chi connectivity index (χ3n) is 3.18. The van der Waals surface area contributed by atoms with Gasteiger partial charge >= 0.3 is 12.1 Å². The molecule has 2 aromatic rings. The number of benzene rings is 1. The summed E-state index contributed by atoms with van der Waals surface area (Å²) in [6.45, 7) is 3.41. The van der Waals surface area contributed by atoms with Crippen molar-refractivity contribution in [2.75, 3.05) is 6.61 Å². The summed E-state index contributed by atoms with van der Waals surface area (Å²) in [4.78, 5) is 15.5. The highest BCUT2D eigenvalue weighted by atomic mass is 35.5. The van der Waals surface area contributed by atoms with Crippen LogP contribution in [0.3, 0.4) is 0 Å². The molecule has 4 nitrogen and oxygen atoms in total. The van der Waals surface area contributed by atoms with Crippen LogP contribution in [0.25, 0.3) is 11.3 Å². The minimum Gasteiger partial charge on any atom is -0.479 e. The van der Waals surface area contributed by atoms with Gasteiger partial charge in [0.2, 0.25) is 0 Å². The van der Waals surface area contributed by atoms with E-state index in [4.69, 9.17) is 21.1 Å². The van der Waals surface area contributed by atoms with Crippen molar-refractivity contribution in [1.29, 1.82) is 0 Å². The first kappa shape index (κ1) is 19.1. The number of ether oxygens (including phenoxy) is 2. The number of carbonyl (C=O) groups excluding carboxylic acids is 1. The summed E-state index contributed by atoms with van der Waals surface area (Å²) in [5.74, 6) is -0.235. The van der Waals surface area contributed by atoms with Gasteiger partial charge in [-0.05, 0) is 38.1 Å². The molecule has 0 spiro atoms. The summed E-state index contributed by atoms with van der Waals surface area (Å²) < 4.78 is 49.0. The maximum absolute atomic E-state index is 12.9. The second-order valence-electron chi connectivity index (χ2n) is 5.10. The van der Waals surface area contributed by atoms with Crippen LogP contribution in [0.5, 0.6) is 5.75 Å². The summed E-state index contributed by atoms with van der Waals surface area (Å²) in [5, 5.41) is -0.268. The number of aromatic nitrogens is 1. The molecule has 8 heteroatoms. The van der Waals surface area contributed by atoms with E-state index in [-0.39, 0.29) is 17.5 Å². The van der Waals surface area contributed by atoms with Crippen LogP contribution in [0.1, 0.15) is 19.4 Å². The van der Waals surface area contributed by atoms with E-state index in [9.17, 15) is 18.0 Å². The van der Waals surface area contributed by atoms with Crippen LogP contribution < -0.4 is 4.74 Å². The summed E-state index contributed by atoms with van der Waals surface area (Å²) in [6, 6.07) is 7.87. The van der Waals surface area contributed by atoms with Crippen LogP contribution in [0.2, 0.25) is 5.15 Å². The maximum Gasteiger partial charge on any atom is 0.416 e. The van der Waals surface area contributed by atoms with Crippen LogP contribution in [0.15, 0.2) is 36.4 Å². The highest BCUT2D eigenvalue weighted by Gasteiger charge is 2.31. The standard InChI is InChI=1S/C17H15ClF3NO3/c1-3-24-16(23)10(2)25-13-6-4-5-11(7-13)14-8-12(17(19,20)21)9-15(18)22-14/h4-10H,3H2,1-2H3/t10-/m0/s1. The van der Waals surface area contributed by atoms with Gasteiger partial charge in [-0.15, -0.1) is 0 Å². The highest BCUT2D eigenvalue weighted by Crippen LogP contribution is 2.34. The maximum atomic E-state index is 12.9. The lowest BCUT2D eigenvalue weighted by Crippen LogP contribution is -2.26. The third kappa shape index (κ3) is 5.09. The van der Waals surface area contributed by atoms with E-state index in [1.165, 1.54) is 13.0 Å². The zero-order chi connectivity index (χ0) is 18.6. The van der Waals surface area contributed by atoms with Gasteiger partial charge in [0.05, 0.1) is 17.9 Å². The molecule has 1 atom stereocenters. The van der Waals surface area contributed by atoms with Crippen molar-refractivity contribution in [3.8, 4) is 17.0 Å². The van der Waals surface area contributed by atoms with E-state index in [2.05, 4.69) is 4.98 Å². The van der Waals surface area contributed by atoms with Gasteiger partial charge in [-0.1, -0.05) is 23.7 Å². The van der Waals surface area contributed by atoms with Crippen LogP contribution in [0.4, 0.5) is 13.2 Å². The second-order valence-corrected chi connectivity index (χ2v) is 5.49. The molecule has 0 aliphatic rings. The quantitative estimate of drug-likeness (QED) is 0.560. The Kier molecular flexibility index (Phi) is 5.89. The highest BCUT2D eigenvalue weighted by molar-refractivity contribution is 6.29. The topological polar surface area (TPSA) is 48.4 Å². The molecular formula is C17H15ClF3NO3. The first-order valence-corrected chi connectivity index (χ1v) is 7.77. The largest absolute Gasteiger partial charge is 0.479 e. The van der Waals surface area contributed by atoms with Gasteiger partial charge in [0.1, 0.15) is 10.9 Å². The Morgan fingerprint density at radius 2 is 2.00 bits per heavy atom. The fourth-order valence-electron chi connectivity index (χ4n) is 2.05. The van der Waals surface area contributed by atoms with Crippen LogP contribution in [0, 0.1) is 0 Å². The van der Waals surface area contributed by atoms with Crippen LogP contribution in [-0.4, -0.2) is 23.7 Å². The number of alkyl halides is 3. The first-order chi connectivity index (χ1) is 11.7. The molecule has 0 unspecified atom stereocenters. The summed E-state index contributed by atoms with van der Waals surface area (Å²) in [5.41, 5.74) is -0.468. The molecule has 0 aliphatic heterocycles. The van der Waals surface area contributed by atoms with Gasteiger partial charge in [0.25, 0.3) is 0 Å². The van der Waals surface area contributed by atoms with Crippen molar-refractivity contribution < 1.29 is 27.4 Å². The molecule has 0 amide bonds. The average molecular weight is 374 g/mol. The van der Waals surface area contributed by atoms with Gasteiger partial charge < -0.3 is 9.47 Å². The predicted octanol–water partition coefficient (Wildman–Crippen LogP) is 4.75. The Hall–Kier alpha value is -2.28. The lowest BCUT2D eigenvalue weighted by Gasteiger charge is -2.14. The predicted molar refractivity (Wildman–Crippen MR) is 86.4 cm³/mol. The minimum atomic E-state index is -4.53. The molecule has 0 radical (unpaired) electrons. The fourth-order valence-corrected chi connectivity index (χ4v) is 2.26. The third-order valence-corrected chi connectivity index (χ3v) is 3.38. The van der Waals surface area contributed by atoms with E-state index in [1.54, 1.807) is 25.1 Å². The smallest absolute Gasteiger partial charge is 0.416 e. The molecular weight excluding hydrogens is 359 g/mol. The van der Waals surface area contributed by atoms with Crippen molar-refractivity contribution in [2.24, 2.45) is 0 Å². The number of pyridine rings is 1. The van der Waals surface area contributed by atoms with Gasteiger partial charge in [-0.2, -0.15) is 13.2 Å². The number of nitrogens with zero attached hydrogens (tertiary/aromatic N) is 1. The van der Waals surface area contributed by atoms with Crippen LogP contribution >= 0.6 is 11.6 Å². The molecule has 0 saturated heterocycles. The van der Waals surface area contributed by atoms with Gasteiger partial charge in [0, 0.05) is 5.56 Å². The van der Waals surface area contributed by atoms with Crippen molar-refractivity contribution in [1.82, 2.24) is 4.98 Å². The Morgan fingerprint density at radius 3 is 2.64 bits per heavy atom. The summed E-state index contributed by atoms with van der Waals surface area (Å²) in [7, 11) is 0. The molecule has 0 N–H and O–H groups in total. The molecule has 1 heterocycles. The Morgan fingerprint density at radius 1 is 1.28 bits per heavy atom. The first-order valence-electron chi connectivity index (χ1n) is 7.39. The van der Waals surface area contributed by atoms with Gasteiger partial charge in [-0.25, -0.2) is 9.78 Å². The van der Waals surface area contributed by atoms with E-state index in [1.807, 2.05) is 0 Å². The monoisotopic (exact) mass is 373 g/mol. The molecule has 0 aliphatic carbocycles. The number of carbonyl (C=O) groups is 1. The molecule has 25 heavy (non-hydrogen) atoms. The van der Waals surface area contributed by atoms with E-state index < -0.39 is 23.8 Å². The lowest BCUT2D eigenvalue weighted by molar-refractivity contribution is -0.150. The molecule has 0 fully saturated rings. The van der Waals surface area contributed by atoms with E-state index in [0.29, 0.717) is 11.3 Å². The Balaban J connectivity index is 2.30. The SMILES string of the molecule is CCOC(=O)[C@H](C)Oc1cccc(-c2cc(C(F)(F)F)cc(Cl)n2)c1. The molecule has 0 saturated carbocycles. The number of rotatable bonds is 5. The molecule has 0 bridgehead atoms. The number of hydrogen-bond acceptors (Lipinski definition) is 4. The zero-order valence-electron chi connectivity index (χ0n) is 13.4. The van der Waals surface area contributed by atoms with Gasteiger partial charge in [-0.3, -0.25) is 0 Å². The zero-order valence-corrected chi connectivity index (χ0v) is 14.2. The van der Waals surface area contributed by atoms with Crippen LogP contribution in [-0.2, 0) is 15.7 Å².